The summed E-state index contributed by atoms with van der Waals surface area (Å²) in [6.45, 7) is 1.73. The Morgan fingerprint density at radius 2 is 1.61 bits per heavy atom. The van der Waals surface area contributed by atoms with E-state index in [0.29, 0.717) is 5.69 Å². The molecule has 3 rings (SSSR count). The van der Waals surface area contributed by atoms with Gasteiger partial charge in [0.2, 0.25) is 5.91 Å². The molecule has 0 bridgehead atoms. The van der Waals surface area contributed by atoms with E-state index in [1.54, 1.807) is 0 Å². The lowest BCUT2D eigenvalue weighted by atomic mass is 10.2. The van der Waals surface area contributed by atoms with Gasteiger partial charge in [-0.05, 0) is 25.0 Å². The first-order chi connectivity index (χ1) is 11.0. The zero-order valence-electron chi connectivity index (χ0n) is 12.9. The van der Waals surface area contributed by atoms with Crippen molar-refractivity contribution in [3.05, 3.63) is 24.3 Å². The lowest BCUT2D eigenvalue weighted by Crippen LogP contribution is -2.31. The summed E-state index contributed by atoms with van der Waals surface area (Å²) >= 11 is 0. The number of halogens is 1. The molecular formula is C16H21FN2O3S. The van der Waals surface area contributed by atoms with E-state index < -0.39 is 15.5 Å². The van der Waals surface area contributed by atoms with E-state index >= 15 is 0 Å². The van der Waals surface area contributed by atoms with Gasteiger partial charge in [-0.25, -0.2) is 0 Å². The molecule has 126 valence electrons. The highest BCUT2D eigenvalue weighted by Crippen LogP contribution is 2.34. The molecule has 0 saturated carbocycles. The van der Waals surface area contributed by atoms with Crippen LogP contribution in [0.2, 0.25) is 0 Å². The lowest BCUT2D eigenvalue weighted by molar-refractivity contribution is -0.117. The predicted octanol–water partition coefficient (Wildman–Crippen LogP) is 2.47. The highest BCUT2D eigenvalue weighted by Gasteiger charge is 2.40. The van der Waals surface area contributed by atoms with E-state index in [2.05, 4.69) is 4.90 Å². The van der Waals surface area contributed by atoms with Crippen molar-refractivity contribution in [2.75, 3.05) is 29.4 Å². The second-order valence-electron chi connectivity index (χ2n) is 6.20. The summed E-state index contributed by atoms with van der Waals surface area (Å²) in [6.07, 6.45) is 4.31. The van der Waals surface area contributed by atoms with Crippen LogP contribution >= 0.6 is 0 Å². The van der Waals surface area contributed by atoms with E-state index in [0.717, 1.165) is 31.6 Å². The summed E-state index contributed by atoms with van der Waals surface area (Å²) in [7, 11) is -4.70. The van der Waals surface area contributed by atoms with Crippen molar-refractivity contribution in [1.82, 2.24) is 0 Å². The Kier molecular flexibility index (Phi) is 4.57. The fraction of sp³-hybridized carbons (Fsp3) is 0.562. The number of anilines is 2. The molecule has 0 aliphatic carbocycles. The number of hydrogen-bond acceptors (Lipinski definition) is 4. The first-order valence-electron chi connectivity index (χ1n) is 8.04. The third-order valence-electron chi connectivity index (χ3n) is 4.61. The Balaban J connectivity index is 1.90. The summed E-state index contributed by atoms with van der Waals surface area (Å²) in [6, 6.07) is 7.49. The number of rotatable bonds is 3. The normalized spacial score (nSPS) is 23.2. The second kappa shape index (κ2) is 6.47. The number of amides is 1. The fourth-order valence-electron chi connectivity index (χ4n) is 3.37. The summed E-state index contributed by atoms with van der Waals surface area (Å²) in [4.78, 5) is 15.9. The minimum Gasteiger partial charge on any atom is -0.370 e. The highest BCUT2D eigenvalue weighted by atomic mass is 32.3. The molecule has 0 aromatic heterocycles. The van der Waals surface area contributed by atoms with E-state index in [1.165, 1.54) is 17.7 Å². The monoisotopic (exact) mass is 340 g/mol. The van der Waals surface area contributed by atoms with Crippen LogP contribution in [0.1, 0.15) is 32.1 Å². The summed E-state index contributed by atoms with van der Waals surface area (Å²) in [5.74, 6) is -0.335. The number of hydrogen-bond donors (Lipinski definition) is 0. The molecule has 2 saturated heterocycles. The Hall–Kier alpha value is -1.63. The minimum absolute atomic E-state index is 0.109. The first kappa shape index (κ1) is 16.2. The van der Waals surface area contributed by atoms with Gasteiger partial charge in [-0.3, -0.25) is 4.79 Å². The minimum atomic E-state index is -4.70. The third-order valence-corrected chi connectivity index (χ3v) is 5.72. The maximum absolute atomic E-state index is 13.2. The number of carbonyl (C=O) groups excluding carboxylic acids is 1. The number of para-hydroxylation sites is 2. The van der Waals surface area contributed by atoms with Crippen LogP contribution in [-0.2, 0) is 15.0 Å². The van der Waals surface area contributed by atoms with Gasteiger partial charge in [0, 0.05) is 26.1 Å². The smallest absolute Gasteiger partial charge is 0.307 e. The summed E-state index contributed by atoms with van der Waals surface area (Å²) in [5.41, 5.74) is 1.62. The van der Waals surface area contributed by atoms with Crippen LogP contribution < -0.4 is 9.80 Å². The van der Waals surface area contributed by atoms with Crippen molar-refractivity contribution in [2.24, 2.45) is 0 Å². The zero-order valence-corrected chi connectivity index (χ0v) is 13.8. The molecule has 0 radical (unpaired) electrons. The molecule has 23 heavy (non-hydrogen) atoms. The van der Waals surface area contributed by atoms with Crippen molar-refractivity contribution >= 4 is 27.5 Å². The van der Waals surface area contributed by atoms with E-state index in [-0.39, 0.29) is 18.9 Å². The van der Waals surface area contributed by atoms with Gasteiger partial charge in [0.05, 0.1) is 11.4 Å². The molecule has 7 heteroatoms. The Bertz CT molecular complexity index is 684. The van der Waals surface area contributed by atoms with Crippen LogP contribution in [-0.4, -0.2) is 39.2 Å². The Morgan fingerprint density at radius 1 is 1.00 bits per heavy atom. The maximum atomic E-state index is 13.2. The molecular weight excluding hydrogens is 319 g/mol. The number of benzene rings is 1. The van der Waals surface area contributed by atoms with E-state index in [1.807, 2.05) is 24.3 Å². The molecule has 2 fully saturated rings. The van der Waals surface area contributed by atoms with Gasteiger partial charge in [0.25, 0.3) is 0 Å². The van der Waals surface area contributed by atoms with Gasteiger partial charge < -0.3 is 9.80 Å². The molecule has 1 aromatic carbocycles. The summed E-state index contributed by atoms with van der Waals surface area (Å²) in [5, 5.41) is -1.26. The zero-order chi connectivity index (χ0) is 16.4. The van der Waals surface area contributed by atoms with Crippen LogP contribution in [0.3, 0.4) is 0 Å². The Morgan fingerprint density at radius 3 is 2.17 bits per heavy atom. The largest absolute Gasteiger partial charge is 0.370 e. The van der Waals surface area contributed by atoms with Crippen molar-refractivity contribution in [3.63, 3.8) is 0 Å². The van der Waals surface area contributed by atoms with Crippen molar-refractivity contribution in [3.8, 4) is 0 Å². The van der Waals surface area contributed by atoms with Crippen LogP contribution in [0.15, 0.2) is 24.3 Å². The molecule has 2 aliphatic rings. The van der Waals surface area contributed by atoms with E-state index in [4.69, 9.17) is 0 Å². The van der Waals surface area contributed by atoms with Gasteiger partial charge in [-0.2, -0.15) is 8.42 Å². The number of nitrogens with zero attached hydrogens (tertiary/aromatic N) is 2. The van der Waals surface area contributed by atoms with Crippen molar-refractivity contribution < 1.29 is 17.1 Å². The SMILES string of the molecule is O=C1CC(S(=O)(=O)F)CN1c1ccccc1N1CCCCCC1. The molecule has 5 nitrogen and oxygen atoms in total. The molecule has 1 aromatic rings. The quantitative estimate of drug-likeness (QED) is 0.793. The van der Waals surface area contributed by atoms with Crippen LogP contribution in [0.25, 0.3) is 0 Å². The average Bonchev–Trinajstić information content (AvgIpc) is 2.73. The Labute approximate surface area is 136 Å². The first-order valence-corrected chi connectivity index (χ1v) is 9.49. The van der Waals surface area contributed by atoms with Gasteiger partial charge in [0.15, 0.2) is 0 Å². The highest BCUT2D eigenvalue weighted by molar-refractivity contribution is 7.87. The average molecular weight is 340 g/mol. The van der Waals surface area contributed by atoms with Gasteiger partial charge >= 0.3 is 10.2 Å². The second-order valence-corrected chi connectivity index (χ2v) is 7.81. The van der Waals surface area contributed by atoms with Crippen LogP contribution in [0.5, 0.6) is 0 Å². The third kappa shape index (κ3) is 3.49. The molecule has 2 heterocycles. The van der Waals surface area contributed by atoms with Crippen molar-refractivity contribution in [2.45, 2.75) is 37.4 Å². The van der Waals surface area contributed by atoms with E-state index in [9.17, 15) is 17.1 Å². The maximum Gasteiger partial charge on any atom is 0.307 e. The predicted molar refractivity (Wildman–Crippen MR) is 87.9 cm³/mol. The number of carbonyl (C=O) groups is 1. The van der Waals surface area contributed by atoms with Crippen molar-refractivity contribution in [1.29, 1.82) is 0 Å². The fourth-order valence-corrected chi connectivity index (χ4v) is 4.04. The van der Waals surface area contributed by atoms with Crippen LogP contribution in [0.4, 0.5) is 15.3 Å². The summed E-state index contributed by atoms with van der Waals surface area (Å²) < 4.78 is 35.5. The van der Waals surface area contributed by atoms with Gasteiger partial charge in [-0.15, -0.1) is 3.89 Å². The van der Waals surface area contributed by atoms with Crippen LogP contribution in [0, 0.1) is 0 Å². The molecule has 1 unspecified atom stereocenters. The lowest BCUT2D eigenvalue weighted by Gasteiger charge is -2.28. The molecule has 1 atom stereocenters. The topological polar surface area (TPSA) is 57.7 Å². The van der Waals surface area contributed by atoms with Gasteiger partial charge in [-0.1, -0.05) is 25.0 Å². The molecule has 2 aliphatic heterocycles. The standard InChI is InChI=1S/C16H21FN2O3S/c17-23(21,22)13-11-16(20)19(12-13)15-8-4-3-7-14(15)18-9-5-1-2-6-10-18/h3-4,7-8,13H,1-2,5-6,9-12H2. The molecule has 0 spiro atoms. The van der Waals surface area contributed by atoms with Gasteiger partial charge in [0.1, 0.15) is 5.25 Å². The molecule has 0 N–H and O–H groups in total. The molecule has 1 amide bonds.